The number of rotatable bonds is 4. The Hall–Kier alpha value is -1.27. The summed E-state index contributed by atoms with van der Waals surface area (Å²) < 4.78 is 5.14. The van der Waals surface area contributed by atoms with Crippen LogP contribution in [0.25, 0.3) is 0 Å². The number of ether oxygens (including phenoxy) is 1. The normalized spacial score (nSPS) is 32.2. The van der Waals surface area contributed by atoms with E-state index in [0.717, 1.165) is 23.5 Å². The van der Waals surface area contributed by atoms with Crippen LogP contribution < -0.4 is 0 Å². The largest absolute Gasteiger partial charge is 0.457 e. The van der Waals surface area contributed by atoms with E-state index >= 15 is 0 Å². The van der Waals surface area contributed by atoms with E-state index in [2.05, 4.69) is 6.58 Å². The Morgan fingerprint density at radius 1 is 1.67 bits per heavy atom. The van der Waals surface area contributed by atoms with Crippen LogP contribution in [0.5, 0.6) is 0 Å². The van der Waals surface area contributed by atoms with E-state index in [9.17, 15) is 14.7 Å². The minimum atomic E-state index is -0.685. The Labute approximate surface area is 128 Å². The van der Waals surface area contributed by atoms with E-state index in [1.165, 1.54) is 6.08 Å². The number of fused-ring (bicyclic) bond motifs is 3. The van der Waals surface area contributed by atoms with Crippen molar-refractivity contribution >= 4 is 23.6 Å². The van der Waals surface area contributed by atoms with Crippen LogP contribution in [-0.2, 0) is 14.3 Å². The molecule has 0 aromatic heterocycles. The summed E-state index contributed by atoms with van der Waals surface area (Å²) in [6.07, 6.45) is 1.64. The van der Waals surface area contributed by atoms with Crippen molar-refractivity contribution in [1.29, 1.82) is 0 Å². The molecule has 4 atom stereocenters. The fourth-order valence-electron chi connectivity index (χ4n) is 3.58. The van der Waals surface area contributed by atoms with Gasteiger partial charge in [0.25, 0.3) is 0 Å². The second-order valence-corrected chi connectivity index (χ2v) is 6.81. The topological polar surface area (TPSA) is 66.8 Å². The molecule has 2 saturated heterocycles. The van der Waals surface area contributed by atoms with Crippen LogP contribution in [0.15, 0.2) is 23.9 Å². The first-order valence-electron chi connectivity index (χ1n) is 7.18. The Balaban J connectivity index is 1.92. The van der Waals surface area contributed by atoms with E-state index < -0.39 is 18.0 Å². The standard InChI is InChI=1S/C15H19NO4S/c1-3-5-20-15(19)13-9-4-6-21-7-10(9)12-11(8(2)17)14(18)16(12)13/h3,8,10-12,17H,1,4-7H2,2H3/t8-,10+,11-,12-/m1/s1. The number of hydrogen-bond acceptors (Lipinski definition) is 5. The van der Waals surface area contributed by atoms with Crippen molar-refractivity contribution in [2.75, 3.05) is 18.1 Å². The van der Waals surface area contributed by atoms with Crippen LogP contribution in [0.4, 0.5) is 0 Å². The third kappa shape index (κ3) is 2.12. The van der Waals surface area contributed by atoms with Gasteiger partial charge in [0.1, 0.15) is 12.3 Å². The number of nitrogens with zero attached hydrogens (tertiary/aromatic N) is 1. The lowest BCUT2D eigenvalue weighted by molar-refractivity contribution is -0.163. The Morgan fingerprint density at radius 2 is 2.43 bits per heavy atom. The lowest BCUT2D eigenvalue weighted by atomic mass is 9.77. The predicted octanol–water partition coefficient (Wildman–Crippen LogP) is 0.944. The second-order valence-electron chi connectivity index (χ2n) is 5.66. The van der Waals surface area contributed by atoms with E-state index in [1.807, 2.05) is 11.8 Å². The van der Waals surface area contributed by atoms with Gasteiger partial charge in [-0.2, -0.15) is 11.8 Å². The molecule has 1 amide bonds. The van der Waals surface area contributed by atoms with Gasteiger partial charge in [0.2, 0.25) is 5.91 Å². The van der Waals surface area contributed by atoms with Gasteiger partial charge in [-0.05, 0) is 24.7 Å². The number of aliphatic hydroxyl groups excluding tert-OH is 1. The third-order valence-corrected chi connectivity index (χ3v) is 5.54. The molecule has 114 valence electrons. The monoisotopic (exact) mass is 309 g/mol. The number of thioether (sulfide) groups is 1. The van der Waals surface area contributed by atoms with E-state index in [4.69, 9.17) is 4.74 Å². The maximum atomic E-state index is 12.3. The number of β-lactam (4-membered cyclic amide) rings is 1. The highest BCUT2D eigenvalue weighted by atomic mass is 32.2. The van der Waals surface area contributed by atoms with E-state index in [1.54, 1.807) is 11.8 Å². The average molecular weight is 309 g/mol. The molecule has 0 aliphatic carbocycles. The highest BCUT2D eigenvalue weighted by Crippen LogP contribution is 2.51. The molecule has 3 heterocycles. The zero-order chi connectivity index (χ0) is 15.1. The molecule has 5 nitrogen and oxygen atoms in total. The molecule has 0 unspecified atom stereocenters. The summed E-state index contributed by atoms with van der Waals surface area (Å²) in [7, 11) is 0. The van der Waals surface area contributed by atoms with Gasteiger partial charge in [-0.15, -0.1) is 0 Å². The molecule has 3 aliphatic heterocycles. The summed E-state index contributed by atoms with van der Waals surface area (Å²) >= 11 is 1.84. The fourth-order valence-corrected chi connectivity index (χ4v) is 4.76. The van der Waals surface area contributed by atoms with Crippen LogP contribution in [0.2, 0.25) is 0 Å². The molecule has 0 saturated carbocycles. The summed E-state index contributed by atoms with van der Waals surface area (Å²) in [5, 5.41) is 9.84. The summed E-state index contributed by atoms with van der Waals surface area (Å²) in [6, 6.07) is -0.0772. The molecular weight excluding hydrogens is 290 g/mol. The second kappa shape index (κ2) is 5.50. The molecule has 21 heavy (non-hydrogen) atoms. The van der Waals surface area contributed by atoms with Crippen molar-refractivity contribution in [3.8, 4) is 0 Å². The maximum absolute atomic E-state index is 12.3. The van der Waals surface area contributed by atoms with Crippen molar-refractivity contribution in [3.63, 3.8) is 0 Å². The number of aliphatic hydroxyl groups is 1. The number of esters is 1. The van der Waals surface area contributed by atoms with Crippen LogP contribution in [0, 0.1) is 11.8 Å². The molecule has 6 heteroatoms. The lowest BCUT2D eigenvalue weighted by Gasteiger charge is -2.47. The van der Waals surface area contributed by atoms with E-state index in [-0.39, 0.29) is 24.5 Å². The van der Waals surface area contributed by atoms with Gasteiger partial charge in [0, 0.05) is 11.7 Å². The zero-order valence-corrected chi connectivity index (χ0v) is 12.8. The molecule has 3 aliphatic rings. The minimum absolute atomic E-state index is 0.0772. The molecule has 0 radical (unpaired) electrons. The van der Waals surface area contributed by atoms with Crippen molar-refractivity contribution in [2.45, 2.75) is 25.5 Å². The van der Waals surface area contributed by atoms with Crippen molar-refractivity contribution < 1.29 is 19.4 Å². The summed E-state index contributed by atoms with van der Waals surface area (Å²) in [6.45, 7) is 5.31. The summed E-state index contributed by atoms with van der Waals surface area (Å²) in [5.41, 5.74) is 1.46. The molecule has 0 aromatic carbocycles. The number of hydrogen-bond donors (Lipinski definition) is 1. The minimum Gasteiger partial charge on any atom is -0.457 e. The van der Waals surface area contributed by atoms with Gasteiger partial charge >= 0.3 is 5.97 Å². The first-order valence-corrected chi connectivity index (χ1v) is 8.33. The molecule has 0 spiro atoms. The third-order valence-electron chi connectivity index (χ3n) is 4.45. The number of amides is 1. The zero-order valence-electron chi connectivity index (χ0n) is 11.9. The Bertz CT molecular complexity index is 528. The highest BCUT2D eigenvalue weighted by molar-refractivity contribution is 7.99. The van der Waals surface area contributed by atoms with Crippen molar-refractivity contribution in [1.82, 2.24) is 4.90 Å². The van der Waals surface area contributed by atoms with Gasteiger partial charge in [-0.25, -0.2) is 4.79 Å². The van der Waals surface area contributed by atoms with Gasteiger partial charge in [-0.1, -0.05) is 12.7 Å². The molecule has 0 bridgehead atoms. The highest BCUT2D eigenvalue weighted by Gasteiger charge is 2.61. The first kappa shape index (κ1) is 14.7. The first-order chi connectivity index (χ1) is 10.1. The lowest BCUT2D eigenvalue weighted by Crippen LogP contribution is -2.64. The van der Waals surface area contributed by atoms with Crippen molar-refractivity contribution in [2.24, 2.45) is 11.8 Å². The van der Waals surface area contributed by atoms with Crippen LogP contribution in [0.3, 0.4) is 0 Å². The van der Waals surface area contributed by atoms with Crippen LogP contribution >= 0.6 is 11.8 Å². The van der Waals surface area contributed by atoms with Gasteiger partial charge in [-0.3, -0.25) is 4.79 Å². The molecular formula is C15H19NO4S. The summed E-state index contributed by atoms with van der Waals surface area (Å²) in [4.78, 5) is 26.2. The number of carbonyl (C=O) groups excluding carboxylic acids is 2. The fraction of sp³-hybridized carbons (Fsp3) is 0.600. The average Bonchev–Trinajstić information content (AvgIpc) is 2.75. The molecule has 0 aromatic rings. The molecule has 1 N–H and O–H groups in total. The van der Waals surface area contributed by atoms with Crippen LogP contribution in [0.1, 0.15) is 13.3 Å². The SMILES string of the molecule is C=CCOC(=O)C1=C2CCSC[C@@H]2[C@@H]2[C@@H]([C@@H](C)O)C(=O)N12. The smallest absolute Gasteiger partial charge is 0.355 e. The van der Waals surface area contributed by atoms with E-state index in [0.29, 0.717) is 5.70 Å². The number of carbonyl (C=O) groups is 2. The molecule has 2 fully saturated rings. The summed E-state index contributed by atoms with van der Waals surface area (Å²) in [5.74, 6) is 1.03. The van der Waals surface area contributed by atoms with Gasteiger partial charge in [0.05, 0.1) is 18.1 Å². The van der Waals surface area contributed by atoms with Crippen molar-refractivity contribution in [3.05, 3.63) is 23.9 Å². The Kier molecular flexibility index (Phi) is 3.84. The van der Waals surface area contributed by atoms with Crippen LogP contribution in [-0.4, -0.2) is 52.1 Å². The maximum Gasteiger partial charge on any atom is 0.355 e. The Morgan fingerprint density at radius 3 is 3.10 bits per heavy atom. The van der Waals surface area contributed by atoms with Gasteiger partial charge < -0.3 is 14.7 Å². The predicted molar refractivity (Wildman–Crippen MR) is 79.4 cm³/mol. The quantitative estimate of drug-likeness (QED) is 0.476. The van der Waals surface area contributed by atoms with Gasteiger partial charge in [0.15, 0.2) is 0 Å². The molecule has 3 rings (SSSR count).